The zero-order valence-corrected chi connectivity index (χ0v) is 5.05. The molecule has 0 aromatic rings. The third kappa shape index (κ3) is 4.64. The molecule has 0 amide bonds. The van der Waals surface area contributed by atoms with Crippen molar-refractivity contribution in [3.8, 4) is 0 Å². The first-order valence-corrected chi connectivity index (χ1v) is 3.60. The van der Waals surface area contributed by atoms with Crippen LogP contribution in [0, 0.1) is 0 Å². The van der Waals surface area contributed by atoms with Crippen LogP contribution < -0.4 is 0 Å². The van der Waals surface area contributed by atoms with Gasteiger partial charge in [-0.1, -0.05) is 0 Å². The lowest BCUT2D eigenvalue weighted by Gasteiger charge is -1.84. The van der Waals surface area contributed by atoms with Crippen LogP contribution in [0.2, 0.25) is 0 Å². The van der Waals surface area contributed by atoms with Crippen molar-refractivity contribution >= 4 is 33.2 Å². The van der Waals surface area contributed by atoms with Gasteiger partial charge in [-0.05, 0) is 12.9 Å². The summed E-state index contributed by atoms with van der Waals surface area (Å²) in [5, 5.41) is 0. The molecule has 1 N–H and O–H groups in total. The molecule has 3 nitrogen and oxygen atoms in total. The van der Waals surface area contributed by atoms with Gasteiger partial charge < -0.3 is 0 Å². The molecule has 38 valence electrons. The van der Waals surface area contributed by atoms with Gasteiger partial charge in [0.2, 0.25) is 0 Å². The third-order valence-electron chi connectivity index (χ3n) is 0.0942. The van der Waals surface area contributed by atoms with Crippen LogP contribution in [0.15, 0.2) is 0 Å². The van der Waals surface area contributed by atoms with Gasteiger partial charge in [-0.2, -0.15) is 4.21 Å². The fourth-order valence-corrected chi connectivity index (χ4v) is 0. The average Bonchev–Trinajstić information content (AvgIpc) is 1.35. The van der Waals surface area contributed by atoms with Crippen LogP contribution in [0.5, 0.6) is 0 Å². The lowest BCUT2D eigenvalue weighted by atomic mass is 15.8. The molecule has 0 heterocycles. The molecular weight excluding hydrogens is 144 g/mol. The molecule has 0 aliphatic rings. The first-order valence-electron chi connectivity index (χ1n) is 0.865. The van der Waals surface area contributed by atoms with E-state index in [1.807, 2.05) is 0 Å². The van der Waals surface area contributed by atoms with Crippen LogP contribution in [0.4, 0.5) is 0 Å². The van der Waals surface area contributed by atoms with Crippen molar-refractivity contribution in [1.82, 2.24) is 0 Å². The first-order chi connectivity index (χ1) is 2.56. The highest BCUT2D eigenvalue weighted by atomic mass is 32.9. The smallest absolute Gasteiger partial charge is 0.277 e. The zero-order chi connectivity index (χ0) is 5.21. The second-order valence-corrected chi connectivity index (χ2v) is 3.22. The minimum atomic E-state index is -3.46. The Morgan fingerprint density at radius 1 is 2.00 bits per heavy atom. The summed E-state index contributed by atoms with van der Waals surface area (Å²) >= 11 is 6.74. The van der Waals surface area contributed by atoms with Gasteiger partial charge in [0.1, 0.15) is 0 Å². The molecule has 0 radical (unpaired) electrons. The van der Waals surface area contributed by atoms with E-state index in [0.29, 0.717) is 0 Å². The van der Waals surface area contributed by atoms with Gasteiger partial charge in [-0.15, -0.1) is 0 Å². The Hall–Kier alpha value is 0.640. The number of thiol groups is 1. The number of hydrogen-bond donors (Lipinski definition) is 2. The maximum Gasteiger partial charge on any atom is 0.277 e. The van der Waals surface area contributed by atoms with Crippen LogP contribution in [0.3, 0.4) is 0 Å². The third-order valence-corrected chi connectivity index (χ3v) is 1.40. The normalized spacial score (nSPS) is 19.7. The summed E-state index contributed by atoms with van der Waals surface area (Å²) in [5.74, 6) is 0. The fraction of sp³-hybridized carbons (Fsp3) is 0. The van der Waals surface area contributed by atoms with Gasteiger partial charge in [0, 0.05) is 11.2 Å². The maximum absolute atomic E-state index is 9.63. The van der Waals surface area contributed by atoms with Crippen molar-refractivity contribution in [1.29, 1.82) is 0 Å². The summed E-state index contributed by atoms with van der Waals surface area (Å²) in [5.41, 5.74) is 0. The summed E-state index contributed by atoms with van der Waals surface area (Å²) in [4.78, 5) is 0. The molecule has 0 rings (SSSR count). The van der Waals surface area contributed by atoms with Crippen LogP contribution >= 0.6 is 12.9 Å². The Balaban J connectivity index is 3.85. The van der Waals surface area contributed by atoms with Gasteiger partial charge >= 0.3 is 0 Å². The Morgan fingerprint density at radius 2 is 2.17 bits per heavy atom. The van der Waals surface area contributed by atoms with E-state index in [2.05, 4.69) is 27.7 Å². The Morgan fingerprint density at radius 3 is 2.17 bits per heavy atom. The molecule has 0 saturated heterocycles. The van der Waals surface area contributed by atoms with E-state index in [0.717, 1.165) is 0 Å². The lowest BCUT2D eigenvalue weighted by Crippen LogP contribution is -1.90. The highest BCUT2D eigenvalue weighted by Crippen LogP contribution is 1.86. The quantitative estimate of drug-likeness (QED) is 0.403. The Kier molecular flexibility index (Phi) is 2.30. The molecule has 0 saturated carbocycles. The summed E-state index contributed by atoms with van der Waals surface area (Å²) in [6, 6.07) is 0. The molecule has 0 fully saturated rings. The van der Waals surface area contributed by atoms with Gasteiger partial charge in [0.25, 0.3) is 9.05 Å². The van der Waals surface area contributed by atoms with E-state index in [1.54, 1.807) is 0 Å². The van der Waals surface area contributed by atoms with Crippen molar-refractivity contribution in [2.45, 2.75) is 0 Å². The number of hydrogen-bond acceptors (Lipinski definition) is 4. The molecule has 6 heavy (non-hydrogen) atoms. The zero-order valence-electron chi connectivity index (χ0n) is 2.53. The van der Waals surface area contributed by atoms with Gasteiger partial charge in [0.15, 0.2) is 0 Å². The van der Waals surface area contributed by atoms with Gasteiger partial charge in [0.05, 0.1) is 0 Å². The molecule has 0 aromatic heterocycles. The molecule has 0 bridgehead atoms. The van der Waals surface area contributed by atoms with Crippen LogP contribution in [0.25, 0.3) is 0 Å². The minimum absolute atomic E-state index is 2.97. The summed E-state index contributed by atoms with van der Waals surface area (Å²) < 4.78 is 21.0. The highest BCUT2D eigenvalue weighted by Gasteiger charge is 1.89. The van der Waals surface area contributed by atoms with Crippen LogP contribution in [-0.4, -0.2) is 8.76 Å². The van der Waals surface area contributed by atoms with E-state index in [1.165, 1.54) is 0 Å². The van der Waals surface area contributed by atoms with E-state index >= 15 is 0 Å². The molecule has 6 heteroatoms. The molecule has 1 atom stereocenters. The van der Waals surface area contributed by atoms with E-state index in [-0.39, 0.29) is 0 Å². The minimum Gasteiger partial charge on any atom is -0.284 e. The maximum atomic E-state index is 9.63. The molecule has 0 aromatic carbocycles. The second kappa shape index (κ2) is 2.08. The van der Waals surface area contributed by atoms with Crippen molar-refractivity contribution in [3.63, 3.8) is 0 Å². The highest BCUT2D eigenvalue weighted by molar-refractivity contribution is 8.28. The van der Waals surface area contributed by atoms with Gasteiger partial charge in [-0.3, -0.25) is 4.55 Å². The van der Waals surface area contributed by atoms with Crippen molar-refractivity contribution in [2.24, 2.45) is 0 Å². The van der Waals surface area contributed by atoms with E-state index in [4.69, 9.17) is 4.55 Å². The van der Waals surface area contributed by atoms with Gasteiger partial charge in [-0.25, -0.2) is 3.63 Å². The predicted molar refractivity (Wildman–Crippen MR) is 28.2 cm³/mol. The molecule has 1 unspecified atom stereocenters. The Labute approximate surface area is 46.0 Å². The molecule has 0 aliphatic heterocycles. The lowest BCUT2D eigenvalue weighted by molar-refractivity contribution is 0.485. The van der Waals surface area contributed by atoms with Crippen molar-refractivity contribution in [2.75, 3.05) is 0 Å². The summed E-state index contributed by atoms with van der Waals surface area (Å²) in [7, 11) is -3.46. The first kappa shape index (κ1) is 6.64. The summed E-state index contributed by atoms with van der Waals surface area (Å²) in [6.45, 7) is 0. The summed E-state index contributed by atoms with van der Waals surface area (Å²) in [6.07, 6.45) is 0. The topological polar surface area (TPSA) is 46.5 Å². The second-order valence-electron chi connectivity index (χ2n) is 0.502. The van der Waals surface area contributed by atoms with Crippen molar-refractivity contribution in [3.05, 3.63) is 0 Å². The predicted octanol–water partition coefficient (Wildman–Crippen LogP) is -0.0179. The SMILES string of the molecule is O=S(O)(=S)OS. The van der Waals surface area contributed by atoms with Crippen LogP contribution in [-0.2, 0) is 23.9 Å². The number of rotatable bonds is 1. The molecule has 0 aliphatic carbocycles. The monoisotopic (exact) mass is 146 g/mol. The molecule has 0 spiro atoms. The Bertz CT molecular complexity index is 108. The fourth-order valence-electron chi connectivity index (χ4n) is 0. The average molecular weight is 146 g/mol. The largest absolute Gasteiger partial charge is 0.284 e. The van der Waals surface area contributed by atoms with Crippen LogP contribution in [0.1, 0.15) is 0 Å². The standard InChI is InChI=1S/H2O3S3/c1-6(2,5)3-4/h4H,(H,1,2,5). The van der Waals surface area contributed by atoms with Crippen molar-refractivity contribution < 1.29 is 12.4 Å². The van der Waals surface area contributed by atoms with E-state index in [9.17, 15) is 4.21 Å². The van der Waals surface area contributed by atoms with E-state index < -0.39 is 9.05 Å². The molecular formula is H2O3S3.